The molecule has 0 radical (unpaired) electrons. The van der Waals surface area contributed by atoms with Crippen molar-refractivity contribution in [1.29, 1.82) is 0 Å². The Kier molecular flexibility index (Phi) is 4.88. The number of ether oxygens (including phenoxy) is 1. The fourth-order valence-corrected chi connectivity index (χ4v) is 2.11. The highest BCUT2D eigenvalue weighted by molar-refractivity contribution is 5.55. The predicted octanol–water partition coefficient (Wildman–Crippen LogP) is 3.22. The van der Waals surface area contributed by atoms with Crippen molar-refractivity contribution >= 4 is 11.5 Å². The van der Waals surface area contributed by atoms with Crippen LogP contribution in [0.15, 0.2) is 12.1 Å². The highest BCUT2D eigenvalue weighted by Gasteiger charge is 2.29. The minimum Gasteiger partial charge on any atom is -0.476 e. The first-order chi connectivity index (χ1) is 9.26. The summed E-state index contributed by atoms with van der Waals surface area (Å²) in [5.74, 6) is 1.60. The molecule has 4 heteroatoms. The standard InChI is InChI=1S/C15H25N3O/c1-3-5-10-18(12-6-7-12)14-9-8-13(16)15(17-14)19-11-4-2/h8-9,12H,3-7,10-11,16H2,1-2H3. The molecule has 0 aromatic carbocycles. The first-order valence-electron chi connectivity index (χ1n) is 7.42. The highest BCUT2D eigenvalue weighted by Crippen LogP contribution is 2.33. The van der Waals surface area contributed by atoms with E-state index in [4.69, 9.17) is 10.5 Å². The molecule has 2 rings (SSSR count). The van der Waals surface area contributed by atoms with E-state index in [2.05, 4.69) is 23.7 Å². The van der Waals surface area contributed by atoms with Crippen LogP contribution in [-0.4, -0.2) is 24.2 Å². The topological polar surface area (TPSA) is 51.4 Å². The zero-order chi connectivity index (χ0) is 13.7. The molecule has 0 aliphatic heterocycles. The van der Waals surface area contributed by atoms with Gasteiger partial charge in [-0.25, -0.2) is 0 Å². The average Bonchev–Trinajstić information content (AvgIpc) is 3.24. The monoisotopic (exact) mass is 263 g/mol. The van der Waals surface area contributed by atoms with E-state index in [1.807, 2.05) is 12.1 Å². The molecular weight excluding hydrogens is 238 g/mol. The fraction of sp³-hybridized carbons (Fsp3) is 0.667. The Bertz CT molecular complexity index is 404. The summed E-state index contributed by atoms with van der Waals surface area (Å²) in [5.41, 5.74) is 6.54. The number of aromatic nitrogens is 1. The molecule has 4 nitrogen and oxygen atoms in total. The minimum absolute atomic E-state index is 0.585. The zero-order valence-electron chi connectivity index (χ0n) is 12.1. The lowest BCUT2D eigenvalue weighted by Gasteiger charge is -2.24. The largest absolute Gasteiger partial charge is 0.476 e. The van der Waals surface area contributed by atoms with Crippen molar-refractivity contribution in [2.75, 3.05) is 23.8 Å². The van der Waals surface area contributed by atoms with Crippen LogP contribution in [0.2, 0.25) is 0 Å². The van der Waals surface area contributed by atoms with Crippen LogP contribution >= 0.6 is 0 Å². The molecule has 0 spiro atoms. The molecular formula is C15H25N3O. The van der Waals surface area contributed by atoms with Crippen LogP contribution in [0, 0.1) is 0 Å². The third-order valence-electron chi connectivity index (χ3n) is 3.35. The third kappa shape index (κ3) is 3.75. The molecule has 0 unspecified atom stereocenters. The molecule has 106 valence electrons. The van der Waals surface area contributed by atoms with Gasteiger partial charge in [0, 0.05) is 12.6 Å². The van der Waals surface area contributed by atoms with Gasteiger partial charge in [-0.2, -0.15) is 4.98 Å². The Morgan fingerprint density at radius 1 is 1.32 bits per heavy atom. The molecule has 1 heterocycles. The summed E-state index contributed by atoms with van der Waals surface area (Å²) in [6.07, 6.45) is 5.93. The maximum atomic E-state index is 5.92. The van der Waals surface area contributed by atoms with Crippen molar-refractivity contribution in [3.8, 4) is 5.88 Å². The summed E-state index contributed by atoms with van der Waals surface area (Å²) in [6, 6.07) is 4.60. The lowest BCUT2D eigenvalue weighted by molar-refractivity contribution is 0.307. The molecule has 0 atom stereocenters. The van der Waals surface area contributed by atoms with Gasteiger partial charge in [0.15, 0.2) is 0 Å². The number of nitrogen functional groups attached to an aromatic ring is 1. The van der Waals surface area contributed by atoms with Crippen molar-refractivity contribution in [2.45, 2.75) is 52.0 Å². The van der Waals surface area contributed by atoms with Gasteiger partial charge in [0.2, 0.25) is 5.88 Å². The van der Waals surface area contributed by atoms with Crippen LogP contribution in [0.5, 0.6) is 5.88 Å². The van der Waals surface area contributed by atoms with Crippen LogP contribution in [0.4, 0.5) is 11.5 Å². The number of nitrogens with two attached hydrogens (primary N) is 1. The van der Waals surface area contributed by atoms with Crippen molar-refractivity contribution in [3.05, 3.63) is 12.1 Å². The molecule has 0 bridgehead atoms. The van der Waals surface area contributed by atoms with Gasteiger partial charge < -0.3 is 15.4 Å². The average molecular weight is 263 g/mol. The van der Waals surface area contributed by atoms with Crippen LogP contribution < -0.4 is 15.4 Å². The summed E-state index contributed by atoms with van der Waals surface area (Å²) in [7, 11) is 0. The number of anilines is 2. The van der Waals surface area contributed by atoms with E-state index >= 15 is 0 Å². The van der Waals surface area contributed by atoms with Gasteiger partial charge in [-0.3, -0.25) is 0 Å². The molecule has 19 heavy (non-hydrogen) atoms. The Morgan fingerprint density at radius 3 is 2.74 bits per heavy atom. The lowest BCUT2D eigenvalue weighted by Crippen LogP contribution is -2.27. The SMILES string of the molecule is CCCCN(c1ccc(N)c(OCCC)n1)C1CC1. The van der Waals surface area contributed by atoms with Crippen LogP contribution in [0.25, 0.3) is 0 Å². The van der Waals surface area contributed by atoms with Crippen molar-refractivity contribution in [1.82, 2.24) is 4.98 Å². The lowest BCUT2D eigenvalue weighted by atomic mass is 10.3. The smallest absolute Gasteiger partial charge is 0.239 e. The van der Waals surface area contributed by atoms with Crippen LogP contribution in [0.3, 0.4) is 0 Å². The summed E-state index contributed by atoms with van der Waals surface area (Å²) in [6.45, 7) is 6.04. The van der Waals surface area contributed by atoms with Gasteiger partial charge >= 0.3 is 0 Å². The Morgan fingerprint density at radius 2 is 2.11 bits per heavy atom. The van der Waals surface area contributed by atoms with E-state index in [-0.39, 0.29) is 0 Å². The number of nitrogens with zero attached hydrogens (tertiary/aromatic N) is 2. The van der Waals surface area contributed by atoms with Gasteiger partial charge in [-0.1, -0.05) is 20.3 Å². The van der Waals surface area contributed by atoms with Crippen LogP contribution in [0.1, 0.15) is 46.0 Å². The second-order valence-electron chi connectivity index (χ2n) is 5.19. The number of hydrogen-bond donors (Lipinski definition) is 1. The molecule has 1 aromatic rings. The molecule has 2 N–H and O–H groups in total. The van der Waals surface area contributed by atoms with Gasteiger partial charge in [-0.05, 0) is 37.8 Å². The fourth-order valence-electron chi connectivity index (χ4n) is 2.11. The molecule has 1 fully saturated rings. The maximum Gasteiger partial charge on any atom is 0.239 e. The van der Waals surface area contributed by atoms with E-state index in [0.29, 0.717) is 24.2 Å². The summed E-state index contributed by atoms with van der Waals surface area (Å²) in [5, 5.41) is 0. The molecule has 1 saturated carbocycles. The maximum absolute atomic E-state index is 5.92. The Labute approximate surface area is 116 Å². The van der Waals surface area contributed by atoms with E-state index in [9.17, 15) is 0 Å². The number of hydrogen-bond acceptors (Lipinski definition) is 4. The summed E-state index contributed by atoms with van der Waals surface area (Å²) < 4.78 is 5.62. The van der Waals surface area contributed by atoms with Crippen molar-refractivity contribution < 1.29 is 4.74 Å². The Balaban J connectivity index is 2.12. The quantitative estimate of drug-likeness (QED) is 0.782. The van der Waals surface area contributed by atoms with Crippen molar-refractivity contribution in [3.63, 3.8) is 0 Å². The predicted molar refractivity (Wildman–Crippen MR) is 79.7 cm³/mol. The molecule has 0 amide bonds. The number of rotatable bonds is 8. The van der Waals surface area contributed by atoms with E-state index in [1.54, 1.807) is 0 Å². The second kappa shape index (κ2) is 6.64. The molecule has 1 aromatic heterocycles. The number of pyridine rings is 1. The molecule has 0 saturated heterocycles. The summed E-state index contributed by atoms with van der Waals surface area (Å²) in [4.78, 5) is 7.01. The molecule has 1 aliphatic rings. The van der Waals surface area contributed by atoms with E-state index < -0.39 is 0 Å². The molecule has 1 aliphatic carbocycles. The first-order valence-corrected chi connectivity index (χ1v) is 7.42. The van der Waals surface area contributed by atoms with E-state index in [1.165, 1.54) is 25.7 Å². The third-order valence-corrected chi connectivity index (χ3v) is 3.35. The van der Waals surface area contributed by atoms with E-state index in [0.717, 1.165) is 18.8 Å². The van der Waals surface area contributed by atoms with Gasteiger partial charge in [-0.15, -0.1) is 0 Å². The van der Waals surface area contributed by atoms with Crippen molar-refractivity contribution in [2.24, 2.45) is 0 Å². The number of unbranched alkanes of at least 4 members (excludes halogenated alkanes) is 1. The second-order valence-corrected chi connectivity index (χ2v) is 5.19. The van der Waals surface area contributed by atoms with Gasteiger partial charge in [0.05, 0.1) is 12.3 Å². The van der Waals surface area contributed by atoms with Gasteiger partial charge in [0.25, 0.3) is 0 Å². The normalized spacial score (nSPS) is 14.4. The first kappa shape index (κ1) is 14.0. The summed E-state index contributed by atoms with van der Waals surface area (Å²) >= 11 is 0. The Hall–Kier alpha value is -1.45. The van der Waals surface area contributed by atoms with Gasteiger partial charge in [0.1, 0.15) is 5.82 Å². The zero-order valence-corrected chi connectivity index (χ0v) is 12.1. The van der Waals surface area contributed by atoms with Crippen LogP contribution in [-0.2, 0) is 0 Å². The highest BCUT2D eigenvalue weighted by atomic mass is 16.5. The minimum atomic E-state index is 0.585.